The van der Waals surface area contributed by atoms with Gasteiger partial charge in [0.1, 0.15) is 34.2 Å². The van der Waals surface area contributed by atoms with Crippen molar-refractivity contribution in [3.8, 4) is 34.6 Å². The van der Waals surface area contributed by atoms with Crippen LogP contribution in [0.15, 0.2) is 48.8 Å². The Balaban J connectivity index is 1.86. The van der Waals surface area contributed by atoms with E-state index in [9.17, 15) is 8.42 Å². The molecule has 0 saturated carbocycles. The molecule has 14 heteroatoms. The van der Waals surface area contributed by atoms with E-state index in [4.69, 9.17) is 18.9 Å². The molecule has 0 amide bonds. The molecule has 0 unspecified atom stereocenters. The summed E-state index contributed by atoms with van der Waals surface area (Å²) in [7, 11) is 0.324. The van der Waals surface area contributed by atoms with Gasteiger partial charge < -0.3 is 18.9 Å². The third-order valence-corrected chi connectivity index (χ3v) is 7.80. The lowest BCUT2D eigenvalue weighted by atomic mass is 10.2. The molecule has 0 aliphatic carbocycles. The monoisotopic (exact) mass is 583 g/mol. The quantitative estimate of drug-likeness (QED) is 0.259. The fourth-order valence-electron chi connectivity index (χ4n) is 4.08. The second kappa shape index (κ2) is 12.5. The van der Waals surface area contributed by atoms with Crippen LogP contribution in [0.3, 0.4) is 0 Å². The van der Waals surface area contributed by atoms with Crippen LogP contribution in [0.25, 0.3) is 17.2 Å². The minimum Gasteiger partial charge on any atom is -0.494 e. The van der Waals surface area contributed by atoms with Gasteiger partial charge >= 0.3 is 0 Å². The fraction of sp³-hybridized carbons (Fsp3) is 0.370. The van der Waals surface area contributed by atoms with Crippen LogP contribution in [0.2, 0.25) is 0 Å². The Morgan fingerprint density at radius 3 is 2.15 bits per heavy atom. The summed E-state index contributed by atoms with van der Waals surface area (Å²) in [5, 5.41) is 7.40. The molecule has 0 aliphatic rings. The van der Waals surface area contributed by atoms with Crippen molar-refractivity contribution in [1.82, 2.24) is 29.7 Å². The number of aryl methyl sites for hydroxylation is 1. The number of hydrogen-bond acceptors (Lipinski definition) is 11. The van der Waals surface area contributed by atoms with Crippen molar-refractivity contribution in [3.63, 3.8) is 0 Å². The first-order chi connectivity index (χ1) is 19.6. The van der Waals surface area contributed by atoms with Gasteiger partial charge in [0.05, 0.1) is 45.0 Å². The average Bonchev–Trinajstić information content (AvgIpc) is 3.37. The maximum Gasteiger partial charge on any atom is 0.243 e. The van der Waals surface area contributed by atoms with Crippen LogP contribution in [0.5, 0.6) is 17.4 Å². The third-order valence-electron chi connectivity index (χ3n) is 6.11. The number of sulfonamides is 1. The van der Waals surface area contributed by atoms with Gasteiger partial charge in [-0.05, 0) is 45.9 Å². The maximum atomic E-state index is 13.9. The topological polar surface area (TPSA) is 152 Å². The maximum absolute atomic E-state index is 13.9. The Labute approximate surface area is 239 Å². The second-order valence-electron chi connectivity index (χ2n) is 9.30. The molecule has 1 N–H and O–H groups in total. The molecule has 0 saturated heterocycles. The number of nitrogens with zero attached hydrogens (tertiary/aromatic N) is 6. The van der Waals surface area contributed by atoms with Crippen molar-refractivity contribution >= 4 is 16.0 Å². The standard InChI is InChI=1S/C27H33N7O6S/c1-16(2)40-25(20-15-28-17(3)14-29-20)18(4)41(35,36)33-27-32-31-26(19-10-8-13-23(30-19)39-7)34(27)24-21(37-5)11-9-12-22(24)38-6/h8-16,18,25H,1-7H3,(H,32,33)/t18-,25+/m0/s1. The molecule has 3 aromatic heterocycles. The zero-order chi connectivity index (χ0) is 29.7. The highest BCUT2D eigenvalue weighted by Gasteiger charge is 2.35. The molecule has 0 radical (unpaired) electrons. The number of aromatic nitrogens is 6. The van der Waals surface area contributed by atoms with E-state index in [1.54, 1.807) is 49.5 Å². The van der Waals surface area contributed by atoms with Gasteiger partial charge in [0.15, 0.2) is 5.82 Å². The van der Waals surface area contributed by atoms with Crippen molar-refractivity contribution in [2.24, 2.45) is 0 Å². The van der Waals surface area contributed by atoms with Gasteiger partial charge in [0, 0.05) is 12.3 Å². The predicted molar refractivity (Wildman–Crippen MR) is 152 cm³/mol. The van der Waals surface area contributed by atoms with Gasteiger partial charge in [-0.3, -0.25) is 19.3 Å². The largest absolute Gasteiger partial charge is 0.494 e. The van der Waals surface area contributed by atoms with Gasteiger partial charge in [-0.25, -0.2) is 13.4 Å². The van der Waals surface area contributed by atoms with Gasteiger partial charge in [-0.1, -0.05) is 12.1 Å². The molecule has 4 aromatic rings. The first-order valence-corrected chi connectivity index (χ1v) is 14.3. The highest BCUT2D eigenvalue weighted by molar-refractivity contribution is 7.93. The molecule has 218 valence electrons. The average molecular weight is 584 g/mol. The van der Waals surface area contributed by atoms with E-state index in [0.717, 1.165) is 0 Å². The van der Waals surface area contributed by atoms with Crippen LogP contribution < -0.4 is 18.9 Å². The number of hydrogen-bond donors (Lipinski definition) is 1. The lowest BCUT2D eigenvalue weighted by molar-refractivity contribution is 0.00394. The second-order valence-corrected chi connectivity index (χ2v) is 11.3. The van der Waals surface area contributed by atoms with Gasteiger partial charge in [0.25, 0.3) is 0 Å². The van der Waals surface area contributed by atoms with Crippen LogP contribution in [0.1, 0.15) is 38.3 Å². The van der Waals surface area contributed by atoms with Crippen molar-refractivity contribution in [2.75, 3.05) is 26.1 Å². The van der Waals surface area contributed by atoms with E-state index in [1.807, 2.05) is 13.8 Å². The van der Waals surface area contributed by atoms with E-state index >= 15 is 0 Å². The Morgan fingerprint density at radius 1 is 0.878 bits per heavy atom. The predicted octanol–water partition coefficient (Wildman–Crippen LogP) is 3.75. The number of methoxy groups -OCH3 is 3. The Morgan fingerprint density at radius 2 is 1.56 bits per heavy atom. The summed E-state index contributed by atoms with van der Waals surface area (Å²) in [6.45, 7) is 6.97. The smallest absolute Gasteiger partial charge is 0.243 e. The minimum absolute atomic E-state index is 0.113. The zero-order valence-electron chi connectivity index (χ0n) is 23.9. The number of anilines is 1. The first-order valence-electron chi connectivity index (χ1n) is 12.7. The molecule has 0 spiro atoms. The van der Waals surface area contributed by atoms with E-state index in [1.165, 1.54) is 39.0 Å². The molecule has 0 bridgehead atoms. The lowest BCUT2D eigenvalue weighted by Crippen LogP contribution is -2.34. The summed E-state index contributed by atoms with van der Waals surface area (Å²) in [6, 6.07) is 10.3. The Hall–Kier alpha value is -4.30. The summed E-state index contributed by atoms with van der Waals surface area (Å²) in [4.78, 5) is 13.1. The van der Waals surface area contributed by atoms with E-state index in [0.29, 0.717) is 40.1 Å². The van der Waals surface area contributed by atoms with Crippen molar-refractivity contribution in [1.29, 1.82) is 0 Å². The molecular weight excluding hydrogens is 550 g/mol. The van der Waals surface area contributed by atoms with Gasteiger partial charge in [-0.15, -0.1) is 10.2 Å². The number of benzene rings is 1. The van der Waals surface area contributed by atoms with Crippen LogP contribution in [0, 0.1) is 6.92 Å². The summed E-state index contributed by atoms with van der Waals surface area (Å²) in [6.07, 6.45) is 1.88. The molecule has 4 rings (SSSR count). The third kappa shape index (κ3) is 6.38. The minimum atomic E-state index is -4.16. The number of ether oxygens (including phenoxy) is 4. The highest BCUT2D eigenvalue weighted by atomic mass is 32.2. The molecule has 13 nitrogen and oxygen atoms in total. The van der Waals surface area contributed by atoms with Crippen LogP contribution >= 0.6 is 0 Å². The lowest BCUT2D eigenvalue weighted by Gasteiger charge is -2.26. The van der Waals surface area contributed by atoms with Crippen molar-refractivity contribution in [3.05, 3.63) is 60.2 Å². The Kier molecular flexibility index (Phi) is 9.03. The SMILES string of the molecule is COc1cccc(-c2nnc(NS(=O)(=O)[C@@H](C)[C@@H](OC(C)C)c3cnc(C)cn3)n2-c2c(OC)cccc2OC)n1. The molecule has 2 atom stereocenters. The Bertz CT molecular complexity index is 1570. The summed E-state index contributed by atoms with van der Waals surface area (Å²) >= 11 is 0. The fourth-order valence-corrected chi connectivity index (χ4v) is 5.18. The number of para-hydroxylation sites is 1. The molecule has 3 heterocycles. The van der Waals surface area contributed by atoms with Crippen molar-refractivity contribution < 1.29 is 27.4 Å². The molecule has 1 aromatic carbocycles. The number of pyridine rings is 1. The molecule has 0 aliphatic heterocycles. The van der Waals surface area contributed by atoms with Crippen LogP contribution in [-0.4, -0.2) is 70.8 Å². The molecule has 0 fully saturated rings. The van der Waals surface area contributed by atoms with E-state index < -0.39 is 21.4 Å². The first kappa shape index (κ1) is 29.7. The summed E-state index contributed by atoms with van der Waals surface area (Å²) in [5.74, 6) is 1.22. The normalized spacial score (nSPS) is 13.1. The van der Waals surface area contributed by atoms with E-state index in [-0.39, 0.29) is 17.9 Å². The molecule has 41 heavy (non-hydrogen) atoms. The number of rotatable bonds is 12. The summed E-state index contributed by atoms with van der Waals surface area (Å²) < 4.78 is 54.4. The van der Waals surface area contributed by atoms with E-state index in [2.05, 4.69) is 29.9 Å². The van der Waals surface area contributed by atoms with Crippen LogP contribution in [0.4, 0.5) is 5.95 Å². The highest BCUT2D eigenvalue weighted by Crippen LogP contribution is 2.38. The van der Waals surface area contributed by atoms with Crippen molar-refractivity contribution in [2.45, 2.75) is 45.2 Å². The van der Waals surface area contributed by atoms with Gasteiger partial charge in [0.2, 0.25) is 21.9 Å². The number of nitrogens with one attached hydrogen (secondary N) is 1. The van der Waals surface area contributed by atoms with Crippen LogP contribution in [-0.2, 0) is 14.8 Å². The molecular formula is C27H33N7O6S. The summed E-state index contributed by atoms with van der Waals surface area (Å²) in [5.41, 5.74) is 1.82. The van der Waals surface area contributed by atoms with Gasteiger partial charge in [-0.2, -0.15) is 0 Å². The zero-order valence-corrected chi connectivity index (χ0v) is 24.7.